The van der Waals surface area contributed by atoms with E-state index in [1.54, 1.807) is 12.7 Å². The van der Waals surface area contributed by atoms with Crippen molar-refractivity contribution >= 4 is 5.78 Å². The standard InChI is InChI=1S/C31H50O4/c1-18(24-25(35-24)26(33)28(4,5)34-9)19-12-16-31(8)21-10-11-22-27(2,3)23(32)14-15-29(22,6)20(21)13-17-30(19,31)7/h10,18-20,22,24-26,33H,11-17H2,1-9H3/t18-,19+,20+,22+,24+,25-,26+,29-,30+,31-/m1/s1. The van der Waals surface area contributed by atoms with E-state index >= 15 is 0 Å². The van der Waals surface area contributed by atoms with E-state index in [0.29, 0.717) is 29.5 Å². The summed E-state index contributed by atoms with van der Waals surface area (Å²) < 4.78 is 11.7. The molecule has 4 fully saturated rings. The lowest BCUT2D eigenvalue weighted by Crippen LogP contribution is -2.57. The number of methoxy groups -OCH3 is 1. The average molecular weight is 487 g/mol. The topological polar surface area (TPSA) is 59.1 Å². The molecule has 0 spiro atoms. The van der Waals surface area contributed by atoms with Gasteiger partial charge in [0.25, 0.3) is 0 Å². The van der Waals surface area contributed by atoms with Crippen molar-refractivity contribution in [3.05, 3.63) is 11.6 Å². The van der Waals surface area contributed by atoms with Crippen molar-refractivity contribution in [2.75, 3.05) is 7.11 Å². The quantitative estimate of drug-likeness (QED) is 0.363. The molecule has 1 N–H and O–H groups in total. The number of rotatable bonds is 5. The van der Waals surface area contributed by atoms with E-state index in [1.807, 2.05) is 13.8 Å². The van der Waals surface area contributed by atoms with Crippen LogP contribution in [0.2, 0.25) is 0 Å². The van der Waals surface area contributed by atoms with Crippen LogP contribution in [0, 0.1) is 45.3 Å². The van der Waals surface area contributed by atoms with E-state index in [4.69, 9.17) is 9.47 Å². The molecule has 0 unspecified atom stereocenters. The number of aliphatic hydroxyl groups is 1. The third kappa shape index (κ3) is 3.37. The number of Topliss-reactive ketones (excluding diaryl/α,β-unsaturated/α-hetero) is 1. The molecule has 5 rings (SSSR count). The fourth-order valence-corrected chi connectivity index (χ4v) is 9.95. The zero-order chi connectivity index (χ0) is 25.8. The highest BCUT2D eigenvalue weighted by molar-refractivity contribution is 5.85. The number of hydrogen-bond donors (Lipinski definition) is 1. The second kappa shape index (κ2) is 7.90. The molecule has 3 saturated carbocycles. The first-order valence-corrected chi connectivity index (χ1v) is 14.3. The van der Waals surface area contributed by atoms with Crippen molar-refractivity contribution in [1.82, 2.24) is 0 Å². The minimum absolute atomic E-state index is 0.119. The second-order valence-corrected chi connectivity index (χ2v) is 14.8. The third-order valence-corrected chi connectivity index (χ3v) is 12.9. The third-order valence-electron chi connectivity index (χ3n) is 12.9. The Morgan fingerprint density at radius 3 is 2.43 bits per heavy atom. The summed E-state index contributed by atoms with van der Waals surface area (Å²) in [4.78, 5) is 12.9. The summed E-state index contributed by atoms with van der Waals surface area (Å²) in [5.41, 5.74) is 1.60. The molecule has 0 bridgehead atoms. The highest BCUT2D eigenvalue weighted by Gasteiger charge is 2.67. The van der Waals surface area contributed by atoms with Crippen molar-refractivity contribution in [2.24, 2.45) is 45.3 Å². The van der Waals surface area contributed by atoms with Gasteiger partial charge in [0, 0.05) is 18.9 Å². The molecule has 10 atom stereocenters. The van der Waals surface area contributed by atoms with E-state index in [2.05, 4.69) is 47.6 Å². The Balaban J connectivity index is 1.40. The Bertz CT molecular complexity index is 919. The van der Waals surface area contributed by atoms with Gasteiger partial charge >= 0.3 is 0 Å². The smallest absolute Gasteiger partial charge is 0.138 e. The van der Waals surface area contributed by atoms with Gasteiger partial charge in [-0.25, -0.2) is 0 Å². The van der Waals surface area contributed by atoms with Crippen LogP contribution in [0.4, 0.5) is 0 Å². The number of allylic oxidation sites excluding steroid dienone is 2. The van der Waals surface area contributed by atoms with Gasteiger partial charge in [-0.05, 0) is 92.3 Å². The molecule has 4 nitrogen and oxygen atoms in total. The Morgan fingerprint density at radius 1 is 1.09 bits per heavy atom. The first-order valence-electron chi connectivity index (χ1n) is 14.3. The Morgan fingerprint density at radius 2 is 1.77 bits per heavy atom. The molecule has 0 amide bonds. The number of epoxide rings is 1. The van der Waals surface area contributed by atoms with Gasteiger partial charge in [-0.15, -0.1) is 0 Å². The Labute approximate surface area is 213 Å². The molecule has 1 heterocycles. The molecule has 0 aromatic rings. The molecule has 5 aliphatic rings. The molecule has 0 aromatic heterocycles. The SMILES string of the molecule is COC(C)(C)[C@@H](O)[C@@H]1O[C@H]1[C@H](C)[C@@H]1CC[C@]2(C)C3=CC[C@H]4C(C)(C)C(=O)CC[C@]4(C)[C@H]3CC[C@@]12C. The largest absolute Gasteiger partial charge is 0.387 e. The number of hydrogen-bond acceptors (Lipinski definition) is 4. The molecule has 1 saturated heterocycles. The Kier molecular flexibility index (Phi) is 5.85. The van der Waals surface area contributed by atoms with Crippen LogP contribution in [-0.2, 0) is 14.3 Å². The number of ketones is 1. The monoisotopic (exact) mass is 486 g/mol. The summed E-state index contributed by atoms with van der Waals surface area (Å²) in [5.74, 6) is 2.55. The summed E-state index contributed by atoms with van der Waals surface area (Å²) >= 11 is 0. The minimum Gasteiger partial charge on any atom is -0.387 e. The molecule has 198 valence electrons. The van der Waals surface area contributed by atoms with Crippen LogP contribution in [-0.4, -0.2) is 41.9 Å². The van der Waals surface area contributed by atoms with Crippen LogP contribution in [0.1, 0.15) is 100 Å². The molecular formula is C31H50O4. The van der Waals surface area contributed by atoms with Crippen molar-refractivity contribution in [2.45, 2.75) is 124 Å². The highest BCUT2D eigenvalue weighted by atomic mass is 16.6. The average Bonchev–Trinajstić information content (AvgIpc) is 3.54. The van der Waals surface area contributed by atoms with Gasteiger partial charge in [0.15, 0.2) is 0 Å². The predicted molar refractivity (Wildman–Crippen MR) is 139 cm³/mol. The lowest BCUT2D eigenvalue weighted by Gasteiger charge is -2.63. The van der Waals surface area contributed by atoms with E-state index < -0.39 is 11.7 Å². The highest BCUT2D eigenvalue weighted by Crippen LogP contribution is 2.73. The van der Waals surface area contributed by atoms with Crippen LogP contribution >= 0.6 is 0 Å². The van der Waals surface area contributed by atoms with E-state index in [-0.39, 0.29) is 33.9 Å². The van der Waals surface area contributed by atoms with Crippen LogP contribution in [0.25, 0.3) is 0 Å². The maximum Gasteiger partial charge on any atom is 0.138 e. The number of carbonyl (C=O) groups is 1. The van der Waals surface area contributed by atoms with Gasteiger partial charge in [-0.2, -0.15) is 0 Å². The van der Waals surface area contributed by atoms with E-state index in [0.717, 1.165) is 19.3 Å². The Hall–Kier alpha value is -0.710. The van der Waals surface area contributed by atoms with Crippen molar-refractivity contribution in [3.63, 3.8) is 0 Å². The van der Waals surface area contributed by atoms with Gasteiger partial charge < -0.3 is 14.6 Å². The van der Waals surface area contributed by atoms with E-state index in [1.165, 1.54) is 25.7 Å². The van der Waals surface area contributed by atoms with Crippen LogP contribution in [0.3, 0.4) is 0 Å². The van der Waals surface area contributed by atoms with Crippen molar-refractivity contribution in [1.29, 1.82) is 0 Å². The number of aliphatic hydroxyl groups excluding tert-OH is 1. The van der Waals surface area contributed by atoms with Crippen LogP contribution in [0.15, 0.2) is 11.6 Å². The van der Waals surface area contributed by atoms with Crippen LogP contribution in [0.5, 0.6) is 0 Å². The zero-order valence-corrected chi connectivity index (χ0v) is 23.7. The summed E-state index contributed by atoms with van der Waals surface area (Å²) in [6.45, 7) is 18.3. The van der Waals surface area contributed by atoms with Gasteiger partial charge in [0.1, 0.15) is 18.0 Å². The molecule has 1 aliphatic heterocycles. The molecule has 0 radical (unpaired) electrons. The van der Waals surface area contributed by atoms with Crippen molar-refractivity contribution in [3.8, 4) is 0 Å². The van der Waals surface area contributed by atoms with Crippen molar-refractivity contribution < 1.29 is 19.4 Å². The maximum absolute atomic E-state index is 12.9. The first kappa shape index (κ1) is 25.9. The fraction of sp³-hybridized carbons (Fsp3) is 0.903. The van der Waals surface area contributed by atoms with Gasteiger partial charge in [-0.1, -0.05) is 53.2 Å². The summed E-state index contributed by atoms with van der Waals surface area (Å²) in [6, 6.07) is 0. The van der Waals surface area contributed by atoms with Gasteiger partial charge in [0.05, 0.1) is 11.7 Å². The van der Waals surface area contributed by atoms with Gasteiger partial charge in [-0.3, -0.25) is 4.79 Å². The number of fused-ring (bicyclic) bond motifs is 5. The predicted octanol–water partition coefficient (Wildman–Crippen LogP) is 6.35. The lowest BCUT2D eigenvalue weighted by molar-refractivity contribution is -0.146. The van der Waals surface area contributed by atoms with Gasteiger partial charge in [0.2, 0.25) is 0 Å². The zero-order valence-electron chi connectivity index (χ0n) is 23.7. The molecule has 35 heavy (non-hydrogen) atoms. The molecule has 4 heteroatoms. The van der Waals surface area contributed by atoms with E-state index in [9.17, 15) is 9.90 Å². The summed E-state index contributed by atoms with van der Waals surface area (Å²) in [5, 5.41) is 10.9. The summed E-state index contributed by atoms with van der Waals surface area (Å²) in [6.07, 6.45) is 9.82. The fourth-order valence-electron chi connectivity index (χ4n) is 9.95. The molecular weight excluding hydrogens is 436 g/mol. The lowest BCUT2D eigenvalue weighted by atomic mass is 9.41. The maximum atomic E-state index is 12.9. The number of carbonyl (C=O) groups excluding carboxylic acids is 1. The normalized spacial score (nSPS) is 48.3. The first-order chi connectivity index (χ1) is 16.1. The van der Waals surface area contributed by atoms with Crippen LogP contribution < -0.4 is 0 Å². The summed E-state index contributed by atoms with van der Waals surface area (Å²) in [7, 11) is 1.66. The molecule has 0 aromatic carbocycles. The minimum atomic E-state index is -0.605. The second-order valence-electron chi connectivity index (χ2n) is 14.8. The number of ether oxygens (including phenoxy) is 2. The molecule has 4 aliphatic carbocycles.